The fourth-order valence-corrected chi connectivity index (χ4v) is 4.19. The van der Waals surface area contributed by atoms with Crippen molar-refractivity contribution >= 4 is 10.0 Å². The molecule has 1 aromatic carbocycles. The van der Waals surface area contributed by atoms with Crippen LogP contribution in [0, 0.1) is 0 Å². The smallest absolute Gasteiger partial charge is 0.242 e. The molecule has 0 radical (unpaired) electrons. The van der Waals surface area contributed by atoms with Crippen LogP contribution in [0.2, 0.25) is 0 Å². The van der Waals surface area contributed by atoms with Crippen molar-refractivity contribution in [3.63, 3.8) is 0 Å². The lowest BCUT2D eigenvalue weighted by molar-refractivity contribution is -0.927. The molecule has 0 unspecified atom stereocenters. The Kier molecular flexibility index (Phi) is 4.76. The number of hydrogen-bond acceptors (Lipinski definition) is 2. The van der Waals surface area contributed by atoms with Gasteiger partial charge < -0.3 is 4.48 Å². The van der Waals surface area contributed by atoms with Crippen LogP contribution < -0.4 is 0 Å². The molecule has 0 spiro atoms. The first-order valence-corrected chi connectivity index (χ1v) is 9.01. The summed E-state index contributed by atoms with van der Waals surface area (Å²) in [6, 6.07) is 8.07. The predicted octanol–water partition coefficient (Wildman–Crippen LogP) is 2.46. The van der Waals surface area contributed by atoms with Crippen molar-refractivity contribution in [2.24, 2.45) is 0 Å². The van der Waals surface area contributed by atoms with Crippen molar-refractivity contribution in [2.45, 2.75) is 43.2 Å². The second-order valence-electron chi connectivity index (χ2n) is 6.81. The van der Waals surface area contributed by atoms with E-state index in [2.05, 4.69) is 14.1 Å². The van der Waals surface area contributed by atoms with Gasteiger partial charge in [-0.3, -0.25) is 0 Å². The highest BCUT2D eigenvalue weighted by molar-refractivity contribution is 7.89. The maximum atomic E-state index is 12.2. The predicted molar refractivity (Wildman–Crippen MR) is 85.4 cm³/mol. The second-order valence-corrected chi connectivity index (χ2v) is 8.96. The third-order valence-corrected chi connectivity index (χ3v) is 6.39. The molecule has 118 valence electrons. The normalized spacial score (nSPS) is 17.6. The minimum absolute atomic E-state index is 0.386. The Morgan fingerprint density at radius 2 is 1.81 bits per heavy atom. The average Bonchev–Trinajstić information content (AvgIpc) is 2.93. The lowest BCUT2D eigenvalue weighted by Crippen LogP contribution is -2.46. The molecule has 0 aromatic heterocycles. The molecule has 1 saturated carbocycles. The molecule has 1 aliphatic carbocycles. The van der Waals surface area contributed by atoms with Gasteiger partial charge in [-0.15, -0.1) is 0 Å². The van der Waals surface area contributed by atoms with Gasteiger partial charge >= 0.3 is 0 Å². The van der Waals surface area contributed by atoms with E-state index in [0.717, 1.165) is 16.6 Å². The zero-order valence-corrected chi connectivity index (χ0v) is 14.4. The number of rotatable bonds is 5. The van der Waals surface area contributed by atoms with Gasteiger partial charge in [-0.2, -0.15) is 0 Å². The van der Waals surface area contributed by atoms with E-state index in [0.29, 0.717) is 10.9 Å². The molecule has 0 N–H and O–H groups in total. The Balaban J connectivity index is 2.22. The van der Waals surface area contributed by atoms with E-state index in [4.69, 9.17) is 0 Å². The lowest BCUT2D eigenvalue weighted by Gasteiger charge is -2.36. The summed E-state index contributed by atoms with van der Waals surface area (Å²) in [7, 11) is 4.30. The highest BCUT2D eigenvalue weighted by Crippen LogP contribution is 2.29. The van der Waals surface area contributed by atoms with Crippen molar-refractivity contribution < 1.29 is 12.9 Å². The highest BCUT2D eigenvalue weighted by atomic mass is 32.2. The second kappa shape index (κ2) is 6.07. The maximum Gasteiger partial charge on any atom is 0.242 e. The Morgan fingerprint density at radius 3 is 2.38 bits per heavy atom. The Morgan fingerprint density at radius 1 is 1.19 bits per heavy atom. The van der Waals surface area contributed by atoms with E-state index in [-0.39, 0.29) is 0 Å². The number of benzene rings is 1. The number of nitrogens with zero attached hydrogens (tertiary/aromatic N) is 2. The zero-order valence-electron chi connectivity index (χ0n) is 13.5. The molecule has 2 rings (SSSR count). The van der Waals surface area contributed by atoms with Crippen molar-refractivity contribution in [1.82, 2.24) is 4.31 Å². The van der Waals surface area contributed by atoms with Crippen LogP contribution in [0.3, 0.4) is 0 Å². The quantitative estimate of drug-likeness (QED) is 0.783. The monoisotopic (exact) mass is 311 g/mol. The largest absolute Gasteiger partial charge is 0.322 e. The standard InChI is InChI=1S/C16H27N2O2S/c1-17(2)21(19,20)16-11-7-8-14(12-16)13-18(3,4)15-9-5-6-10-15/h7-8,11-12,15H,5-6,9-10,13H2,1-4H3/q+1. The fourth-order valence-electron chi connectivity index (χ4n) is 3.22. The van der Waals surface area contributed by atoms with Crippen molar-refractivity contribution in [3.05, 3.63) is 29.8 Å². The molecular weight excluding hydrogens is 284 g/mol. The van der Waals surface area contributed by atoms with Crippen LogP contribution in [-0.2, 0) is 16.6 Å². The number of sulfonamides is 1. The van der Waals surface area contributed by atoms with Gasteiger partial charge in [-0.05, 0) is 37.8 Å². The minimum atomic E-state index is -3.35. The van der Waals surface area contributed by atoms with Crippen LogP contribution in [0.1, 0.15) is 31.2 Å². The number of quaternary nitrogens is 1. The third kappa shape index (κ3) is 3.65. The van der Waals surface area contributed by atoms with Gasteiger partial charge in [0.05, 0.1) is 25.0 Å². The summed E-state index contributed by atoms with van der Waals surface area (Å²) in [6.45, 7) is 0.876. The SMILES string of the molecule is CN(C)S(=O)(=O)c1cccc(C[N+](C)(C)C2CCCC2)c1. The van der Waals surface area contributed by atoms with Gasteiger partial charge in [0.1, 0.15) is 6.54 Å². The van der Waals surface area contributed by atoms with Crippen LogP contribution in [0.15, 0.2) is 29.2 Å². The molecule has 4 nitrogen and oxygen atoms in total. The first-order chi connectivity index (χ1) is 9.73. The summed E-state index contributed by atoms with van der Waals surface area (Å²) in [5.74, 6) is 0. The van der Waals surface area contributed by atoms with E-state index in [1.165, 1.54) is 30.0 Å². The van der Waals surface area contributed by atoms with Crippen molar-refractivity contribution in [2.75, 3.05) is 28.2 Å². The van der Waals surface area contributed by atoms with Gasteiger partial charge in [-0.25, -0.2) is 12.7 Å². The Hall–Kier alpha value is -0.910. The first-order valence-electron chi connectivity index (χ1n) is 7.57. The van der Waals surface area contributed by atoms with Crippen molar-refractivity contribution in [3.8, 4) is 0 Å². The molecule has 0 bridgehead atoms. The highest BCUT2D eigenvalue weighted by Gasteiger charge is 2.31. The molecule has 1 aromatic rings. The summed E-state index contributed by atoms with van der Waals surface area (Å²) in [4.78, 5) is 0.386. The van der Waals surface area contributed by atoms with E-state index >= 15 is 0 Å². The summed E-state index contributed by atoms with van der Waals surface area (Å²) in [6.07, 6.45) is 5.20. The minimum Gasteiger partial charge on any atom is -0.322 e. The summed E-state index contributed by atoms with van der Waals surface area (Å²) < 4.78 is 26.7. The van der Waals surface area contributed by atoms with E-state index in [1.54, 1.807) is 20.2 Å². The first kappa shape index (κ1) is 16.5. The number of hydrogen-bond donors (Lipinski definition) is 0. The summed E-state index contributed by atoms with van der Waals surface area (Å²) >= 11 is 0. The molecular formula is C16H27N2O2S+. The van der Waals surface area contributed by atoms with Gasteiger partial charge in [0.2, 0.25) is 10.0 Å². The molecule has 0 heterocycles. The Bertz CT molecular complexity index is 588. The molecule has 1 aliphatic rings. The lowest BCUT2D eigenvalue weighted by atomic mass is 10.1. The molecule has 21 heavy (non-hydrogen) atoms. The third-order valence-electron chi connectivity index (χ3n) is 4.58. The van der Waals surface area contributed by atoms with Gasteiger partial charge in [0, 0.05) is 19.7 Å². The zero-order chi connectivity index (χ0) is 15.7. The summed E-state index contributed by atoms with van der Waals surface area (Å²) in [5, 5.41) is 0. The van der Waals surface area contributed by atoms with Crippen LogP contribution >= 0.6 is 0 Å². The fraction of sp³-hybridized carbons (Fsp3) is 0.625. The van der Waals surface area contributed by atoms with Crippen LogP contribution in [-0.4, -0.2) is 51.4 Å². The summed E-state index contributed by atoms with van der Waals surface area (Å²) in [5.41, 5.74) is 1.09. The van der Waals surface area contributed by atoms with Crippen LogP contribution in [0.5, 0.6) is 0 Å². The van der Waals surface area contributed by atoms with Crippen molar-refractivity contribution in [1.29, 1.82) is 0 Å². The van der Waals surface area contributed by atoms with Gasteiger partial charge in [-0.1, -0.05) is 12.1 Å². The maximum absolute atomic E-state index is 12.2. The van der Waals surface area contributed by atoms with Gasteiger partial charge in [0.15, 0.2) is 0 Å². The molecule has 0 aliphatic heterocycles. The van der Waals surface area contributed by atoms with E-state index < -0.39 is 10.0 Å². The molecule has 0 amide bonds. The van der Waals surface area contributed by atoms with Crippen LogP contribution in [0.4, 0.5) is 0 Å². The molecule has 5 heteroatoms. The molecule has 0 saturated heterocycles. The topological polar surface area (TPSA) is 37.4 Å². The molecule has 1 fully saturated rings. The average molecular weight is 311 g/mol. The van der Waals surface area contributed by atoms with Gasteiger partial charge in [0.25, 0.3) is 0 Å². The van der Waals surface area contributed by atoms with E-state index in [9.17, 15) is 8.42 Å². The molecule has 0 atom stereocenters. The Labute approximate surface area is 129 Å². The van der Waals surface area contributed by atoms with E-state index in [1.807, 2.05) is 18.2 Å². The van der Waals surface area contributed by atoms with Crippen LogP contribution in [0.25, 0.3) is 0 Å².